The minimum absolute atomic E-state index is 0.151. The van der Waals surface area contributed by atoms with Crippen LogP contribution in [0.2, 0.25) is 0 Å². The summed E-state index contributed by atoms with van der Waals surface area (Å²) in [5.41, 5.74) is 0.695. The minimum Gasteiger partial charge on any atom is -0.460 e. The third-order valence-electron chi connectivity index (χ3n) is 2.44. The summed E-state index contributed by atoms with van der Waals surface area (Å²) < 4.78 is 5.45. The number of aromatic nitrogens is 2. The third-order valence-corrected chi connectivity index (χ3v) is 2.44. The second kappa shape index (κ2) is 5.44. The van der Waals surface area contributed by atoms with E-state index >= 15 is 0 Å². The molecule has 2 aromatic rings. The molecule has 0 atom stereocenters. The van der Waals surface area contributed by atoms with Gasteiger partial charge in [0.05, 0.1) is 0 Å². The number of hydrogen-bond acceptors (Lipinski definition) is 5. The molecule has 2 heterocycles. The van der Waals surface area contributed by atoms with E-state index in [9.17, 15) is 4.79 Å². The fraction of sp³-hybridized carbons (Fsp3) is 0.308. The normalized spacial score (nSPS) is 10.3. The maximum atomic E-state index is 10.8. The number of carbonyl (C=O) groups is 1. The van der Waals surface area contributed by atoms with Crippen LogP contribution in [0.5, 0.6) is 0 Å². The molecule has 2 rings (SSSR count). The Morgan fingerprint density at radius 2 is 2.11 bits per heavy atom. The highest BCUT2D eigenvalue weighted by atomic mass is 16.3. The molecule has 2 aromatic heterocycles. The van der Waals surface area contributed by atoms with Crippen LogP contribution < -0.4 is 5.32 Å². The topological polar surface area (TPSA) is 68.0 Å². The summed E-state index contributed by atoms with van der Waals surface area (Å²) in [7, 11) is 0. The molecule has 0 aromatic carbocycles. The second-order valence-corrected chi connectivity index (χ2v) is 4.09. The SMILES string of the molecule is CC(=O)CCNc1ccc(-c2ccc(C)o2)nn1. The van der Waals surface area contributed by atoms with Crippen molar-refractivity contribution in [2.45, 2.75) is 20.3 Å². The molecule has 0 saturated carbocycles. The molecule has 0 amide bonds. The number of carbonyl (C=O) groups excluding carboxylic acids is 1. The molecule has 0 aliphatic carbocycles. The maximum Gasteiger partial charge on any atom is 0.154 e. The molecule has 5 heteroatoms. The summed E-state index contributed by atoms with van der Waals surface area (Å²) in [6.07, 6.45) is 0.487. The lowest BCUT2D eigenvalue weighted by molar-refractivity contribution is -0.116. The highest BCUT2D eigenvalue weighted by Gasteiger charge is 2.05. The molecule has 0 aliphatic rings. The largest absolute Gasteiger partial charge is 0.460 e. The Hall–Kier alpha value is -2.17. The van der Waals surface area contributed by atoms with Crippen LogP contribution in [0.15, 0.2) is 28.7 Å². The van der Waals surface area contributed by atoms with Gasteiger partial charge in [-0.25, -0.2) is 0 Å². The average Bonchev–Trinajstić information content (AvgIpc) is 2.76. The molecule has 0 aliphatic heterocycles. The van der Waals surface area contributed by atoms with Gasteiger partial charge in [0.1, 0.15) is 23.1 Å². The minimum atomic E-state index is 0.151. The average molecular weight is 245 g/mol. The van der Waals surface area contributed by atoms with Crippen LogP contribution in [0.25, 0.3) is 11.5 Å². The van der Waals surface area contributed by atoms with Gasteiger partial charge in [-0.15, -0.1) is 10.2 Å². The zero-order chi connectivity index (χ0) is 13.0. The first-order chi connectivity index (χ1) is 8.65. The van der Waals surface area contributed by atoms with Gasteiger partial charge in [-0.3, -0.25) is 4.79 Å². The van der Waals surface area contributed by atoms with Crippen LogP contribution in [0.1, 0.15) is 19.1 Å². The Morgan fingerprint density at radius 1 is 1.28 bits per heavy atom. The van der Waals surface area contributed by atoms with Crippen molar-refractivity contribution in [3.05, 3.63) is 30.0 Å². The smallest absolute Gasteiger partial charge is 0.154 e. The number of aryl methyl sites for hydroxylation is 1. The van der Waals surface area contributed by atoms with E-state index in [-0.39, 0.29) is 5.78 Å². The van der Waals surface area contributed by atoms with Crippen LogP contribution in [0, 0.1) is 6.92 Å². The standard InChI is InChI=1S/C13H15N3O2/c1-9(17)7-8-14-13-6-4-11(15-16-13)12-5-3-10(2)18-12/h3-6H,7-8H2,1-2H3,(H,14,16). The molecule has 0 fully saturated rings. The van der Waals surface area contributed by atoms with Crippen LogP contribution in [0.3, 0.4) is 0 Å². The first kappa shape index (κ1) is 12.3. The fourth-order valence-electron chi connectivity index (χ4n) is 1.50. The van der Waals surface area contributed by atoms with E-state index in [1.54, 1.807) is 6.92 Å². The van der Waals surface area contributed by atoms with Crippen LogP contribution in [0.4, 0.5) is 5.82 Å². The van der Waals surface area contributed by atoms with Crippen molar-refractivity contribution in [1.29, 1.82) is 0 Å². The molecule has 0 radical (unpaired) electrons. The van der Waals surface area contributed by atoms with Gasteiger partial charge >= 0.3 is 0 Å². The van der Waals surface area contributed by atoms with Crippen LogP contribution in [-0.4, -0.2) is 22.5 Å². The van der Waals surface area contributed by atoms with Gasteiger partial charge in [0.25, 0.3) is 0 Å². The molecular formula is C13H15N3O2. The summed E-state index contributed by atoms with van der Waals surface area (Å²) in [6, 6.07) is 7.40. The number of rotatable bonds is 5. The van der Waals surface area contributed by atoms with E-state index in [0.29, 0.717) is 30.2 Å². The van der Waals surface area contributed by atoms with Gasteiger partial charge in [-0.05, 0) is 38.1 Å². The van der Waals surface area contributed by atoms with Crippen LogP contribution in [-0.2, 0) is 4.79 Å². The second-order valence-electron chi connectivity index (χ2n) is 4.09. The van der Waals surface area contributed by atoms with E-state index in [2.05, 4.69) is 15.5 Å². The molecule has 94 valence electrons. The van der Waals surface area contributed by atoms with Crippen molar-refractivity contribution in [2.24, 2.45) is 0 Å². The molecule has 5 nitrogen and oxygen atoms in total. The summed E-state index contributed by atoms with van der Waals surface area (Å²) in [4.78, 5) is 10.8. The van der Waals surface area contributed by atoms with Gasteiger partial charge in [0.15, 0.2) is 5.76 Å². The zero-order valence-electron chi connectivity index (χ0n) is 10.4. The highest BCUT2D eigenvalue weighted by molar-refractivity contribution is 5.75. The number of nitrogens with zero attached hydrogens (tertiary/aromatic N) is 2. The third kappa shape index (κ3) is 3.16. The van der Waals surface area contributed by atoms with Crippen molar-refractivity contribution >= 4 is 11.6 Å². The Balaban J connectivity index is 1.99. The number of Topliss-reactive ketones (excluding diaryl/α,β-unsaturated/α-hetero) is 1. The summed E-state index contributed by atoms with van der Waals surface area (Å²) in [6.45, 7) is 4.02. The lowest BCUT2D eigenvalue weighted by atomic mass is 10.3. The molecule has 1 N–H and O–H groups in total. The first-order valence-electron chi connectivity index (χ1n) is 5.79. The quantitative estimate of drug-likeness (QED) is 0.876. The van der Waals surface area contributed by atoms with Gasteiger partial charge in [-0.2, -0.15) is 0 Å². The lowest BCUT2D eigenvalue weighted by Gasteiger charge is -2.03. The maximum absolute atomic E-state index is 10.8. The van der Waals surface area contributed by atoms with Gasteiger partial charge < -0.3 is 9.73 Å². The number of anilines is 1. The van der Waals surface area contributed by atoms with Gasteiger partial charge in [0.2, 0.25) is 0 Å². The van der Waals surface area contributed by atoms with Crippen LogP contribution >= 0.6 is 0 Å². The molecule has 0 bridgehead atoms. The Morgan fingerprint density at radius 3 is 2.67 bits per heavy atom. The summed E-state index contributed by atoms with van der Waals surface area (Å²) in [5.74, 6) is 2.35. The van der Waals surface area contributed by atoms with E-state index < -0.39 is 0 Å². The van der Waals surface area contributed by atoms with Crippen molar-refractivity contribution < 1.29 is 9.21 Å². The van der Waals surface area contributed by atoms with Crippen molar-refractivity contribution in [3.8, 4) is 11.5 Å². The molecule has 0 spiro atoms. The predicted octanol–water partition coefficient (Wildman–Crippen LogP) is 2.44. The molecule has 0 saturated heterocycles. The molecular weight excluding hydrogens is 230 g/mol. The predicted molar refractivity (Wildman–Crippen MR) is 68.3 cm³/mol. The Bertz CT molecular complexity index is 531. The van der Waals surface area contributed by atoms with E-state index in [4.69, 9.17) is 4.42 Å². The first-order valence-corrected chi connectivity index (χ1v) is 5.79. The fourth-order valence-corrected chi connectivity index (χ4v) is 1.50. The van der Waals surface area contributed by atoms with Gasteiger partial charge in [-0.1, -0.05) is 0 Å². The van der Waals surface area contributed by atoms with E-state index in [1.165, 1.54) is 0 Å². The lowest BCUT2D eigenvalue weighted by Crippen LogP contribution is -2.07. The molecule has 0 unspecified atom stereocenters. The number of ketones is 1. The Kier molecular flexibility index (Phi) is 3.72. The Labute approximate surface area is 105 Å². The number of nitrogens with one attached hydrogen (secondary N) is 1. The molecule has 18 heavy (non-hydrogen) atoms. The van der Waals surface area contributed by atoms with E-state index in [1.807, 2.05) is 31.2 Å². The van der Waals surface area contributed by atoms with Crippen molar-refractivity contribution in [2.75, 3.05) is 11.9 Å². The summed E-state index contributed by atoms with van der Waals surface area (Å²) >= 11 is 0. The summed E-state index contributed by atoms with van der Waals surface area (Å²) in [5, 5.41) is 11.1. The van der Waals surface area contributed by atoms with E-state index in [0.717, 1.165) is 5.76 Å². The number of furan rings is 1. The number of hydrogen-bond donors (Lipinski definition) is 1. The van der Waals surface area contributed by atoms with Crippen molar-refractivity contribution in [3.63, 3.8) is 0 Å². The zero-order valence-corrected chi connectivity index (χ0v) is 10.4. The van der Waals surface area contributed by atoms with Gasteiger partial charge in [0, 0.05) is 13.0 Å². The highest BCUT2D eigenvalue weighted by Crippen LogP contribution is 2.19. The monoisotopic (exact) mass is 245 g/mol. The van der Waals surface area contributed by atoms with Crippen molar-refractivity contribution in [1.82, 2.24) is 10.2 Å².